The molecule has 0 unspecified atom stereocenters. The number of fused-ring (bicyclic) bond motifs is 1. The fraction of sp³-hybridized carbons (Fsp3) is 0.267. The molecule has 24 heavy (non-hydrogen) atoms. The first-order chi connectivity index (χ1) is 11.4. The van der Waals surface area contributed by atoms with Gasteiger partial charge in [-0.25, -0.2) is 9.97 Å². The molecule has 4 heterocycles. The lowest BCUT2D eigenvalue weighted by molar-refractivity contribution is -0.137. The molecule has 0 N–H and O–H groups in total. The van der Waals surface area contributed by atoms with Crippen LogP contribution in [-0.4, -0.2) is 38.3 Å². The molecule has 1 aliphatic rings. The van der Waals surface area contributed by atoms with Crippen LogP contribution in [-0.2, 0) is 6.18 Å². The van der Waals surface area contributed by atoms with E-state index in [1.807, 2.05) is 0 Å². The predicted octanol–water partition coefficient (Wildman–Crippen LogP) is 2.85. The summed E-state index contributed by atoms with van der Waals surface area (Å²) in [7, 11) is 0. The molecule has 3 aromatic heterocycles. The van der Waals surface area contributed by atoms with Gasteiger partial charge in [0.05, 0.1) is 23.5 Å². The number of imidazole rings is 1. The highest BCUT2D eigenvalue weighted by atomic mass is 19.4. The number of halogens is 3. The van der Waals surface area contributed by atoms with E-state index < -0.39 is 11.7 Å². The van der Waals surface area contributed by atoms with Crippen LogP contribution in [0.1, 0.15) is 22.5 Å². The molecule has 0 atom stereocenters. The zero-order valence-electron chi connectivity index (χ0n) is 12.2. The molecule has 9 heteroatoms. The first-order valence-corrected chi connectivity index (χ1v) is 7.21. The van der Waals surface area contributed by atoms with Crippen LogP contribution >= 0.6 is 0 Å². The third-order valence-corrected chi connectivity index (χ3v) is 3.99. The van der Waals surface area contributed by atoms with E-state index in [4.69, 9.17) is 4.42 Å². The summed E-state index contributed by atoms with van der Waals surface area (Å²) in [6.45, 7) is 1.19. The molecule has 124 valence electrons. The maximum absolute atomic E-state index is 13.2. The Labute approximate surface area is 133 Å². The summed E-state index contributed by atoms with van der Waals surface area (Å²) in [5.74, 6) is -0.184. The van der Waals surface area contributed by atoms with Gasteiger partial charge in [0.15, 0.2) is 12.2 Å². The van der Waals surface area contributed by atoms with Crippen molar-refractivity contribution >= 4 is 11.6 Å². The summed E-state index contributed by atoms with van der Waals surface area (Å²) in [5.41, 5.74) is -0.456. The van der Waals surface area contributed by atoms with Crippen molar-refractivity contribution in [2.45, 2.75) is 12.6 Å². The van der Waals surface area contributed by atoms with Crippen LogP contribution in [0.4, 0.5) is 13.2 Å². The van der Waals surface area contributed by atoms with Crippen molar-refractivity contribution in [1.29, 1.82) is 0 Å². The number of nitrogens with zero attached hydrogens (tertiary/aromatic N) is 4. The van der Waals surface area contributed by atoms with Gasteiger partial charge >= 0.3 is 6.18 Å². The van der Waals surface area contributed by atoms with E-state index in [1.165, 1.54) is 16.8 Å². The molecule has 0 spiro atoms. The summed E-state index contributed by atoms with van der Waals surface area (Å²) in [6.07, 6.45) is 0.928. The third-order valence-electron chi connectivity index (χ3n) is 3.99. The fourth-order valence-electron chi connectivity index (χ4n) is 2.61. The van der Waals surface area contributed by atoms with Crippen molar-refractivity contribution in [3.8, 4) is 11.3 Å². The predicted molar refractivity (Wildman–Crippen MR) is 76.2 cm³/mol. The number of likely N-dealkylation sites (tertiary alicyclic amines) is 1. The van der Waals surface area contributed by atoms with E-state index in [9.17, 15) is 18.0 Å². The molecular formula is C15H11F3N4O2. The Balaban J connectivity index is 1.95. The van der Waals surface area contributed by atoms with Gasteiger partial charge in [-0.3, -0.25) is 9.20 Å². The topological polar surface area (TPSA) is 63.6 Å². The highest BCUT2D eigenvalue weighted by Crippen LogP contribution is 2.34. The van der Waals surface area contributed by atoms with E-state index in [1.54, 1.807) is 4.90 Å². The molecule has 0 bridgehead atoms. The second-order valence-electron chi connectivity index (χ2n) is 5.49. The first kappa shape index (κ1) is 14.7. The lowest BCUT2D eigenvalue weighted by atomic mass is 10.1. The molecule has 1 amide bonds. The van der Waals surface area contributed by atoms with Crippen LogP contribution in [0.15, 0.2) is 35.5 Å². The number of pyridine rings is 1. The number of amides is 1. The minimum absolute atomic E-state index is 0.0940. The quantitative estimate of drug-likeness (QED) is 0.722. The van der Waals surface area contributed by atoms with Gasteiger partial charge in [-0.15, -0.1) is 0 Å². The van der Waals surface area contributed by atoms with Crippen molar-refractivity contribution in [3.63, 3.8) is 0 Å². The normalized spacial score (nSPS) is 14.9. The van der Waals surface area contributed by atoms with Gasteiger partial charge in [-0.2, -0.15) is 13.2 Å². The highest BCUT2D eigenvalue weighted by molar-refractivity contribution is 5.94. The standard InChI is InChI=1S/C15H11F3N4O2/c16-15(17,18)9-4-10(12-6-19-8-24-12)13-20-5-11(22(13)7-9)14(23)21-2-1-3-21/h4-8H,1-3H2. The van der Waals surface area contributed by atoms with E-state index in [0.717, 1.165) is 25.1 Å². The molecule has 3 aromatic rings. The largest absolute Gasteiger partial charge is 0.443 e. The van der Waals surface area contributed by atoms with Gasteiger partial charge in [0.2, 0.25) is 0 Å². The van der Waals surface area contributed by atoms with E-state index >= 15 is 0 Å². The van der Waals surface area contributed by atoms with Gasteiger partial charge in [-0.1, -0.05) is 0 Å². The van der Waals surface area contributed by atoms with E-state index in [2.05, 4.69) is 9.97 Å². The minimum atomic E-state index is -4.57. The smallest absolute Gasteiger partial charge is 0.417 e. The Morgan fingerprint density at radius 2 is 2.04 bits per heavy atom. The van der Waals surface area contributed by atoms with Gasteiger partial charge in [0.1, 0.15) is 11.3 Å². The number of hydrogen-bond acceptors (Lipinski definition) is 4. The summed E-state index contributed by atoms with van der Waals surface area (Å²) >= 11 is 0. The van der Waals surface area contributed by atoms with E-state index in [0.29, 0.717) is 13.1 Å². The van der Waals surface area contributed by atoms with Crippen LogP contribution in [0.2, 0.25) is 0 Å². The minimum Gasteiger partial charge on any atom is -0.443 e. The zero-order valence-corrected chi connectivity index (χ0v) is 12.2. The van der Waals surface area contributed by atoms with Gasteiger partial charge < -0.3 is 9.32 Å². The molecule has 0 saturated carbocycles. The number of aromatic nitrogens is 3. The van der Waals surface area contributed by atoms with Gasteiger partial charge in [0, 0.05) is 19.3 Å². The van der Waals surface area contributed by atoms with Crippen LogP contribution < -0.4 is 0 Å². The Kier molecular flexibility index (Phi) is 3.12. The number of rotatable bonds is 2. The molecule has 1 fully saturated rings. The van der Waals surface area contributed by atoms with E-state index in [-0.39, 0.29) is 28.6 Å². The number of carbonyl (C=O) groups is 1. The molecule has 4 rings (SSSR count). The average Bonchev–Trinajstić information content (AvgIpc) is 3.13. The van der Waals surface area contributed by atoms with Gasteiger partial charge in [-0.05, 0) is 12.5 Å². The lowest BCUT2D eigenvalue weighted by Crippen LogP contribution is -2.42. The lowest BCUT2D eigenvalue weighted by Gasteiger charge is -2.30. The number of carbonyl (C=O) groups excluding carboxylic acids is 1. The molecule has 1 aliphatic heterocycles. The second kappa shape index (κ2) is 5.08. The molecule has 6 nitrogen and oxygen atoms in total. The summed E-state index contributed by atoms with van der Waals surface area (Å²) in [5, 5.41) is 0. The van der Waals surface area contributed by atoms with Crippen LogP contribution in [0.25, 0.3) is 17.0 Å². The molecular weight excluding hydrogens is 325 g/mol. The monoisotopic (exact) mass is 336 g/mol. The average molecular weight is 336 g/mol. The first-order valence-electron chi connectivity index (χ1n) is 7.21. The number of oxazole rings is 1. The third kappa shape index (κ3) is 2.24. The van der Waals surface area contributed by atoms with Crippen LogP contribution in [0.3, 0.4) is 0 Å². The Morgan fingerprint density at radius 1 is 1.25 bits per heavy atom. The maximum atomic E-state index is 13.2. The fourth-order valence-corrected chi connectivity index (χ4v) is 2.61. The van der Waals surface area contributed by atoms with Crippen molar-refractivity contribution in [2.75, 3.05) is 13.1 Å². The molecule has 1 saturated heterocycles. The number of alkyl halides is 3. The van der Waals surface area contributed by atoms with Crippen molar-refractivity contribution < 1.29 is 22.4 Å². The van der Waals surface area contributed by atoms with Crippen molar-refractivity contribution in [2.24, 2.45) is 0 Å². The molecule has 0 aromatic carbocycles. The summed E-state index contributed by atoms with van der Waals surface area (Å²) < 4.78 is 46.0. The Morgan fingerprint density at radius 3 is 2.62 bits per heavy atom. The highest BCUT2D eigenvalue weighted by Gasteiger charge is 2.33. The van der Waals surface area contributed by atoms with Crippen molar-refractivity contribution in [3.05, 3.63) is 42.3 Å². The van der Waals surface area contributed by atoms with Crippen LogP contribution in [0, 0.1) is 0 Å². The second-order valence-corrected chi connectivity index (χ2v) is 5.49. The molecule has 0 aliphatic carbocycles. The Bertz CT molecular complexity index is 911. The summed E-state index contributed by atoms with van der Waals surface area (Å²) in [6, 6.07) is 0.945. The number of hydrogen-bond donors (Lipinski definition) is 0. The van der Waals surface area contributed by atoms with Gasteiger partial charge in [0.25, 0.3) is 5.91 Å². The zero-order chi connectivity index (χ0) is 16.9. The summed E-state index contributed by atoms with van der Waals surface area (Å²) in [4.78, 5) is 21.8. The molecule has 0 radical (unpaired) electrons. The Hall–Kier alpha value is -2.84. The van der Waals surface area contributed by atoms with Crippen molar-refractivity contribution in [1.82, 2.24) is 19.3 Å². The maximum Gasteiger partial charge on any atom is 0.417 e. The SMILES string of the molecule is O=C(c1cnc2c(-c3cnco3)cc(C(F)(F)F)cn12)N1CCC1. The van der Waals surface area contributed by atoms with Crippen LogP contribution in [0.5, 0.6) is 0 Å².